The summed E-state index contributed by atoms with van der Waals surface area (Å²) in [6, 6.07) is 9.86. The van der Waals surface area contributed by atoms with Gasteiger partial charge in [-0.05, 0) is 46.2 Å². The van der Waals surface area contributed by atoms with Gasteiger partial charge in [0.05, 0.1) is 18.0 Å². The highest BCUT2D eigenvalue weighted by Crippen LogP contribution is 2.56. The predicted molar refractivity (Wildman–Crippen MR) is 114 cm³/mol. The molecule has 0 aliphatic rings. The number of unbranched alkanes of at least 4 members (excludes halogenated alkanes) is 1. The molecule has 0 amide bonds. The lowest BCUT2D eigenvalue weighted by atomic mass is 10.1. The summed E-state index contributed by atoms with van der Waals surface area (Å²) in [5, 5.41) is 0. The van der Waals surface area contributed by atoms with Crippen LogP contribution in [0.2, 0.25) is 0 Å². The normalized spacial score (nSPS) is 13.5. The van der Waals surface area contributed by atoms with Crippen LogP contribution in [0.15, 0.2) is 35.2 Å². The van der Waals surface area contributed by atoms with E-state index in [1.165, 1.54) is 6.92 Å². The Kier molecular flexibility index (Phi) is 10.8. The molecule has 1 aromatic carbocycles. The zero-order valence-electron chi connectivity index (χ0n) is 17.8. The molecule has 0 saturated heterocycles. The van der Waals surface area contributed by atoms with Crippen molar-refractivity contribution in [1.82, 2.24) is 4.67 Å². The van der Waals surface area contributed by atoms with Gasteiger partial charge in [-0.2, -0.15) is 4.67 Å². The van der Waals surface area contributed by atoms with Gasteiger partial charge in [-0.15, -0.1) is 11.8 Å². The van der Waals surface area contributed by atoms with E-state index in [-0.39, 0.29) is 13.2 Å². The quantitative estimate of drug-likeness (QED) is 0.171. The van der Waals surface area contributed by atoms with E-state index in [0.717, 1.165) is 17.7 Å². The Bertz CT molecular complexity index is 631. The van der Waals surface area contributed by atoms with Crippen LogP contribution in [-0.4, -0.2) is 41.4 Å². The summed E-state index contributed by atoms with van der Waals surface area (Å²) in [5.41, 5.74) is 0. The molecule has 1 rings (SSSR count). The van der Waals surface area contributed by atoms with Gasteiger partial charge in [-0.3, -0.25) is 13.8 Å². The first-order valence-electron chi connectivity index (χ1n) is 9.77. The van der Waals surface area contributed by atoms with Gasteiger partial charge in [0.2, 0.25) is 0 Å². The first-order chi connectivity index (χ1) is 13.2. The maximum atomic E-state index is 13.6. The van der Waals surface area contributed by atoms with E-state index in [1.807, 2.05) is 44.2 Å². The molecule has 1 aromatic rings. The van der Waals surface area contributed by atoms with Gasteiger partial charge >= 0.3 is 13.7 Å². The van der Waals surface area contributed by atoms with E-state index >= 15 is 0 Å². The lowest BCUT2D eigenvalue weighted by Gasteiger charge is -2.42. The van der Waals surface area contributed by atoms with E-state index in [4.69, 9.17) is 13.8 Å². The summed E-state index contributed by atoms with van der Waals surface area (Å²) in [7, 11) is -3.63. The monoisotopic (exact) mass is 431 g/mol. The third-order valence-corrected chi connectivity index (χ3v) is 7.35. The van der Waals surface area contributed by atoms with Crippen LogP contribution in [0.5, 0.6) is 0 Å². The van der Waals surface area contributed by atoms with Gasteiger partial charge in [-0.25, -0.2) is 4.57 Å². The summed E-state index contributed by atoms with van der Waals surface area (Å²) in [6.45, 7) is 11.8. The van der Waals surface area contributed by atoms with Crippen molar-refractivity contribution in [2.45, 2.75) is 70.3 Å². The van der Waals surface area contributed by atoms with E-state index < -0.39 is 24.7 Å². The summed E-state index contributed by atoms with van der Waals surface area (Å²) >= 11 is 1.56. The van der Waals surface area contributed by atoms with Gasteiger partial charge in [0, 0.05) is 18.4 Å². The minimum absolute atomic E-state index is 0.235. The number of hydrogen-bond acceptors (Lipinski definition) is 6. The van der Waals surface area contributed by atoms with Crippen molar-refractivity contribution in [3.8, 4) is 0 Å². The zero-order valence-corrected chi connectivity index (χ0v) is 19.6. The third kappa shape index (κ3) is 7.53. The zero-order chi connectivity index (χ0) is 21.2. The Morgan fingerprint density at radius 1 is 1.14 bits per heavy atom. The second-order valence-electron chi connectivity index (χ2n) is 6.80. The number of benzene rings is 1. The van der Waals surface area contributed by atoms with Crippen molar-refractivity contribution in [1.29, 1.82) is 0 Å². The number of nitrogens with zero attached hydrogens (tertiary/aromatic N) is 1. The lowest BCUT2D eigenvalue weighted by Crippen LogP contribution is -2.49. The molecular weight excluding hydrogens is 397 g/mol. The second-order valence-corrected chi connectivity index (χ2v) is 10.5. The maximum absolute atomic E-state index is 13.6. The molecular formula is C20H34NO5PS. The minimum Gasteiger partial charge on any atom is -0.444 e. The Morgan fingerprint density at radius 2 is 1.71 bits per heavy atom. The van der Waals surface area contributed by atoms with Crippen molar-refractivity contribution in [2.75, 3.05) is 19.8 Å². The summed E-state index contributed by atoms with van der Waals surface area (Å²) in [4.78, 5) is 13.0. The minimum atomic E-state index is -3.63. The molecule has 28 heavy (non-hydrogen) atoms. The van der Waals surface area contributed by atoms with Gasteiger partial charge in [0.25, 0.3) is 0 Å². The van der Waals surface area contributed by atoms with E-state index in [1.54, 1.807) is 30.3 Å². The first kappa shape index (κ1) is 25.2. The molecule has 1 unspecified atom stereocenters. The van der Waals surface area contributed by atoms with Crippen molar-refractivity contribution >= 4 is 25.5 Å². The molecule has 0 aliphatic heterocycles. The fourth-order valence-corrected chi connectivity index (χ4v) is 6.02. The number of carbonyl (C=O) groups excluding carboxylic acids is 1. The average molecular weight is 432 g/mol. The molecule has 160 valence electrons. The van der Waals surface area contributed by atoms with Crippen molar-refractivity contribution < 1.29 is 23.1 Å². The highest BCUT2D eigenvalue weighted by atomic mass is 32.2. The van der Waals surface area contributed by atoms with Crippen LogP contribution in [0.1, 0.15) is 54.4 Å². The lowest BCUT2D eigenvalue weighted by molar-refractivity contribution is -0.155. The number of hydrogen-bond donors (Lipinski definition) is 0. The standard InChI is InChI=1S/C20H34NO5PS/c1-7-10-16-21(27(23,24-8-2)25-9-3)19(26-17(4)22)20(5,6)28-18-14-12-11-13-15-18/h11-15,19H,7-10,16H2,1-6H3. The molecule has 6 nitrogen and oxygen atoms in total. The number of thioether (sulfide) groups is 1. The molecule has 0 radical (unpaired) electrons. The first-order valence-corrected chi connectivity index (χ1v) is 12.1. The fraction of sp³-hybridized carbons (Fsp3) is 0.650. The topological polar surface area (TPSA) is 65.1 Å². The van der Waals surface area contributed by atoms with Crippen LogP contribution < -0.4 is 0 Å². The number of rotatable bonds is 13. The Hall–Kier alpha value is -0.850. The Balaban J connectivity index is 3.34. The Morgan fingerprint density at radius 3 is 2.18 bits per heavy atom. The molecule has 0 heterocycles. The van der Waals surface area contributed by atoms with Gasteiger partial charge < -0.3 is 4.74 Å². The highest BCUT2D eigenvalue weighted by molar-refractivity contribution is 8.00. The molecule has 0 saturated carbocycles. The number of esters is 1. The fourth-order valence-electron chi connectivity index (χ4n) is 2.76. The summed E-state index contributed by atoms with van der Waals surface area (Å²) in [6.07, 6.45) is 0.882. The van der Waals surface area contributed by atoms with Gasteiger partial charge in [0.15, 0.2) is 6.23 Å². The molecule has 0 bridgehead atoms. The average Bonchev–Trinajstić information content (AvgIpc) is 2.61. The van der Waals surface area contributed by atoms with E-state index in [9.17, 15) is 9.36 Å². The van der Waals surface area contributed by atoms with Crippen LogP contribution >= 0.6 is 19.5 Å². The second kappa shape index (κ2) is 12.0. The van der Waals surface area contributed by atoms with Crippen LogP contribution in [0.4, 0.5) is 0 Å². The van der Waals surface area contributed by atoms with E-state index in [0.29, 0.717) is 6.54 Å². The number of ether oxygens (including phenoxy) is 1. The van der Waals surface area contributed by atoms with Crippen molar-refractivity contribution in [2.24, 2.45) is 0 Å². The highest BCUT2D eigenvalue weighted by Gasteiger charge is 2.47. The molecule has 0 N–H and O–H groups in total. The van der Waals surface area contributed by atoms with Crippen molar-refractivity contribution in [3.63, 3.8) is 0 Å². The van der Waals surface area contributed by atoms with Gasteiger partial charge in [0.1, 0.15) is 0 Å². The smallest absolute Gasteiger partial charge is 0.411 e. The molecule has 1 atom stereocenters. The Labute approximate surface area is 173 Å². The summed E-state index contributed by atoms with van der Waals surface area (Å²) in [5.74, 6) is -0.437. The largest absolute Gasteiger partial charge is 0.444 e. The molecule has 0 fully saturated rings. The van der Waals surface area contributed by atoms with Crippen molar-refractivity contribution in [3.05, 3.63) is 30.3 Å². The van der Waals surface area contributed by atoms with Crippen LogP contribution in [0.25, 0.3) is 0 Å². The third-order valence-electron chi connectivity index (χ3n) is 3.91. The maximum Gasteiger partial charge on any atom is 0.411 e. The van der Waals surface area contributed by atoms with Crippen LogP contribution in [0.3, 0.4) is 0 Å². The SMILES string of the molecule is CCCCN(C(OC(C)=O)C(C)(C)Sc1ccccc1)P(=O)(OCC)OCC. The number of carbonyl (C=O) groups is 1. The molecule has 8 heteroatoms. The van der Waals surface area contributed by atoms with Gasteiger partial charge in [-0.1, -0.05) is 31.5 Å². The van der Waals surface area contributed by atoms with E-state index in [2.05, 4.69) is 6.92 Å². The van der Waals surface area contributed by atoms with Crippen LogP contribution in [0, 0.1) is 0 Å². The molecule has 0 aliphatic carbocycles. The molecule has 0 spiro atoms. The van der Waals surface area contributed by atoms with Crippen LogP contribution in [-0.2, 0) is 23.1 Å². The summed E-state index contributed by atoms with van der Waals surface area (Å²) < 4.78 is 31.5. The predicted octanol–water partition coefficient (Wildman–Crippen LogP) is 5.73. The molecule has 0 aromatic heterocycles.